The van der Waals surface area contributed by atoms with Crippen molar-refractivity contribution in [2.75, 3.05) is 0 Å². The molecule has 1 aromatic carbocycles. The lowest BCUT2D eigenvalue weighted by atomic mass is 10.2. The number of nitrogens with zero attached hydrogens (tertiary/aromatic N) is 3. The molecule has 3 aromatic rings. The largest absolute Gasteiger partial charge is 0.507 e. The van der Waals surface area contributed by atoms with Crippen molar-refractivity contribution in [1.29, 1.82) is 0 Å². The van der Waals surface area contributed by atoms with Crippen molar-refractivity contribution in [2.45, 2.75) is 6.92 Å². The predicted octanol–water partition coefficient (Wildman–Crippen LogP) is 2.81. The second-order valence-electron chi connectivity index (χ2n) is 4.10. The number of aryl methyl sites for hydroxylation is 1. The Morgan fingerprint density at radius 1 is 1.00 bits per heavy atom. The number of hydrogen-bond donors (Lipinski definition) is 1. The summed E-state index contributed by atoms with van der Waals surface area (Å²) < 4.78 is 5.16. The maximum Gasteiger partial charge on any atom is 0.262 e. The van der Waals surface area contributed by atoms with Crippen LogP contribution in [0.4, 0.5) is 0 Å². The summed E-state index contributed by atoms with van der Waals surface area (Å²) in [6.45, 7) is 1.90. The van der Waals surface area contributed by atoms with Crippen LogP contribution in [0.25, 0.3) is 23.0 Å². The third-order valence-corrected chi connectivity index (χ3v) is 2.68. The van der Waals surface area contributed by atoms with Crippen molar-refractivity contribution >= 4 is 0 Å². The zero-order valence-electron chi connectivity index (χ0n) is 10.2. The maximum absolute atomic E-state index is 9.74. The molecule has 1 N–H and O–H groups in total. The fraction of sp³-hybridized carbons (Fsp3) is 0.0714. The van der Waals surface area contributed by atoms with E-state index in [1.165, 1.54) is 0 Å². The van der Waals surface area contributed by atoms with Gasteiger partial charge in [0.15, 0.2) is 0 Å². The van der Waals surface area contributed by atoms with Crippen LogP contribution in [-0.4, -0.2) is 20.2 Å². The lowest BCUT2D eigenvalue weighted by molar-refractivity contribution is 0.425. The van der Waals surface area contributed by atoms with Crippen LogP contribution in [-0.2, 0) is 0 Å². The number of rotatable bonds is 2. The fourth-order valence-corrected chi connectivity index (χ4v) is 1.76. The number of hydrogen-bond acceptors (Lipinski definition) is 5. The van der Waals surface area contributed by atoms with E-state index in [0.29, 0.717) is 17.1 Å². The third kappa shape index (κ3) is 2.18. The van der Waals surface area contributed by atoms with Gasteiger partial charge in [-0.2, -0.15) is 4.98 Å². The molecule has 0 saturated carbocycles. The standard InChI is InChI=1S/C14H11N3O2/c1-9-5-4-7-11(15-9)13-16-14(19-17-13)10-6-2-3-8-12(10)18/h2-8,18H,1H3. The van der Waals surface area contributed by atoms with Gasteiger partial charge in [-0.25, -0.2) is 4.98 Å². The van der Waals surface area contributed by atoms with Gasteiger partial charge in [-0.05, 0) is 31.2 Å². The first-order chi connectivity index (χ1) is 9.24. The average molecular weight is 253 g/mol. The second kappa shape index (κ2) is 4.53. The first kappa shape index (κ1) is 11.4. The topological polar surface area (TPSA) is 72.0 Å². The van der Waals surface area contributed by atoms with E-state index in [-0.39, 0.29) is 11.6 Å². The van der Waals surface area contributed by atoms with E-state index >= 15 is 0 Å². The van der Waals surface area contributed by atoms with Crippen LogP contribution in [0, 0.1) is 6.92 Å². The molecule has 0 saturated heterocycles. The van der Waals surface area contributed by atoms with E-state index in [1.807, 2.05) is 25.1 Å². The summed E-state index contributed by atoms with van der Waals surface area (Å²) in [5, 5.41) is 13.6. The molecule has 0 aliphatic heterocycles. The lowest BCUT2D eigenvalue weighted by Gasteiger charge is -1.97. The highest BCUT2D eigenvalue weighted by molar-refractivity contribution is 5.63. The SMILES string of the molecule is Cc1cccc(-c2noc(-c3ccccc3O)n2)n1. The van der Waals surface area contributed by atoms with Crippen molar-refractivity contribution in [2.24, 2.45) is 0 Å². The highest BCUT2D eigenvalue weighted by atomic mass is 16.5. The maximum atomic E-state index is 9.74. The Kier molecular flexibility index (Phi) is 2.72. The lowest BCUT2D eigenvalue weighted by Crippen LogP contribution is -1.87. The zero-order chi connectivity index (χ0) is 13.2. The number of aromatic hydroxyl groups is 1. The van der Waals surface area contributed by atoms with Gasteiger partial charge in [-0.1, -0.05) is 23.4 Å². The summed E-state index contributed by atoms with van der Waals surface area (Å²) in [5.74, 6) is 0.785. The number of phenols is 1. The Morgan fingerprint density at radius 2 is 1.84 bits per heavy atom. The van der Waals surface area contributed by atoms with Gasteiger partial charge < -0.3 is 9.63 Å². The quantitative estimate of drug-likeness (QED) is 0.760. The summed E-state index contributed by atoms with van der Waals surface area (Å²) in [6, 6.07) is 12.4. The van der Waals surface area contributed by atoms with Crippen LogP contribution in [0.5, 0.6) is 5.75 Å². The third-order valence-electron chi connectivity index (χ3n) is 2.68. The van der Waals surface area contributed by atoms with E-state index in [9.17, 15) is 5.11 Å². The van der Waals surface area contributed by atoms with E-state index in [4.69, 9.17) is 4.52 Å². The van der Waals surface area contributed by atoms with Crippen LogP contribution in [0.1, 0.15) is 5.69 Å². The summed E-state index contributed by atoms with van der Waals surface area (Å²) >= 11 is 0. The summed E-state index contributed by atoms with van der Waals surface area (Å²) in [7, 11) is 0. The van der Waals surface area contributed by atoms with E-state index in [2.05, 4.69) is 15.1 Å². The molecule has 0 atom stereocenters. The molecule has 0 aliphatic carbocycles. The molecule has 19 heavy (non-hydrogen) atoms. The molecule has 5 heteroatoms. The summed E-state index contributed by atoms with van der Waals surface area (Å²) in [6.07, 6.45) is 0. The Balaban J connectivity index is 2.03. The normalized spacial score (nSPS) is 10.6. The van der Waals surface area contributed by atoms with Gasteiger partial charge in [0.2, 0.25) is 5.82 Å². The van der Waals surface area contributed by atoms with Gasteiger partial charge in [-0.3, -0.25) is 0 Å². The van der Waals surface area contributed by atoms with Crippen LogP contribution in [0.2, 0.25) is 0 Å². The van der Waals surface area contributed by atoms with Gasteiger partial charge in [0.25, 0.3) is 5.89 Å². The van der Waals surface area contributed by atoms with E-state index < -0.39 is 0 Å². The molecule has 3 rings (SSSR count). The number of para-hydroxylation sites is 1. The van der Waals surface area contributed by atoms with Crippen LogP contribution in [0.3, 0.4) is 0 Å². The predicted molar refractivity (Wildman–Crippen MR) is 69.4 cm³/mol. The molecule has 0 amide bonds. The highest BCUT2D eigenvalue weighted by Crippen LogP contribution is 2.28. The first-order valence-electron chi connectivity index (χ1n) is 5.80. The molecule has 0 aliphatic rings. The Morgan fingerprint density at radius 3 is 2.63 bits per heavy atom. The van der Waals surface area contributed by atoms with E-state index in [0.717, 1.165) is 5.69 Å². The highest BCUT2D eigenvalue weighted by Gasteiger charge is 2.14. The number of phenolic OH excluding ortho intramolecular Hbond substituents is 1. The molecule has 0 bridgehead atoms. The van der Waals surface area contributed by atoms with Gasteiger partial charge in [0, 0.05) is 5.69 Å². The minimum Gasteiger partial charge on any atom is -0.507 e. The smallest absolute Gasteiger partial charge is 0.262 e. The summed E-state index contributed by atoms with van der Waals surface area (Å²) in [5.41, 5.74) is 2.03. The molecule has 0 fully saturated rings. The molecule has 5 nitrogen and oxygen atoms in total. The summed E-state index contributed by atoms with van der Waals surface area (Å²) in [4.78, 5) is 8.58. The van der Waals surface area contributed by atoms with Crippen molar-refractivity contribution in [1.82, 2.24) is 15.1 Å². The number of aromatic nitrogens is 3. The van der Waals surface area contributed by atoms with Crippen LogP contribution in [0.15, 0.2) is 47.0 Å². The van der Waals surface area contributed by atoms with Crippen molar-refractivity contribution < 1.29 is 9.63 Å². The van der Waals surface area contributed by atoms with Crippen molar-refractivity contribution in [3.8, 4) is 28.7 Å². The zero-order valence-corrected chi connectivity index (χ0v) is 10.2. The average Bonchev–Trinajstić information content (AvgIpc) is 2.89. The molecule has 2 heterocycles. The first-order valence-corrected chi connectivity index (χ1v) is 5.80. The van der Waals surface area contributed by atoms with Crippen molar-refractivity contribution in [3.63, 3.8) is 0 Å². The molecule has 0 spiro atoms. The van der Waals surface area contributed by atoms with E-state index in [1.54, 1.807) is 24.3 Å². The number of benzene rings is 1. The molecular weight excluding hydrogens is 242 g/mol. The minimum absolute atomic E-state index is 0.106. The molecule has 94 valence electrons. The monoisotopic (exact) mass is 253 g/mol. The van der Waals surface area contributed by atoms with Gasteiger partial charge in [0.05, 0.1) is 5.56 Å². The van der Waals surface area contributed by atoms with Crippen LogP contribution >= 0.6 is 0 Å². The van der Waals surface area contributed by atoms with Crippen LogP contribution < -0.4 is 0 Å². The minimum atomic E-state index is 0.106. The number of pyridine rings is 1. The van der Waals surface area contributed by atoms with Gasteiger partial charge in [-0.15, -0.1) is 0 Å². The van der Waals surface area contributed by atoms with Gasteiger partial charge in [0.1, 0.15) is 11.4 Å². The van der Waals surface area contributed by atoms with Crippen molar-refractivity contribution in [3.05, 3.63) is 48.2 Å². The molecule has 0 radical (unpaired) electrons. The molecular formula is C14H11N3O2. The van der Waals surface area contributed by atoms with Gasteiger partial charge >= 0.3 is 0 Å². The Labute approximate surface area is 109 Å². The molecule has 2 aromatic heterocycles. The Hall–Kier alpha value is -2.69. The molecule has 0 unspecified atom stereocenters. The second-order valence-corrected chi connectivity index (χ2v) is 4.10. The Bertz CT molecular complexity index is 722. The fourth-order valence-electron chi connectivity index (χ4n) is 1.76.